The second-order valence-electron chi connectivity index (χ2n) is 5.56. The van der Waals surface area contributed by atoms with Crippen LogP contribution in [0.25, 0.3) is 0 Å². The van der Waals surface area contributed by atoms with Crippen molar-refractivity contribution in [2.45, 2.75) is 32.9 Å². The van der Waals surface area contributed by atoms with Crippen LogP contribution in [0.5, 0.6) is 0 Å². The average Bonchev–Trinajstić information content (AvgIpc) is 2.38. The molecule has 1 aromatic rings. The number of benzene rings is 1. The number of piperidine rings is 1. The molecule has 1 amide bonds. The predicted octanol–water partition coefficient (Wildman–Crippen LogP) is 2.42. The molecule has 6 heteroatoms. The number of hydrogen-bond acceptors (Lipinski definition) is 2. The molecule has 0 spiro atoms. The van der Waals surface area contributed by atoms with E-state index in [1.807, 2.05) is 0 Å². The summed E-state index contributed by atoms with van der Waals surface area (Å²) < 4.78 is 26.1. The van der Waals surface area contributed by atoms with Gasteiger partial charge in [-0.05, 0) is 30.5 Å². The molecule has 0 aliphatic carbocycles. The summed E-state index contributed by atoms with van der Waals surface area (Å²) in [6.07, 6.45) is 0.144. The van der Waals surface area contributed by atoms with E-state index in [2.05, 4.69) is 0 Å². The monoisotopic (exact) mass is 297 g/mol. The van der Waals surface area contributed by atoms with Crippen LogP contribution in [0.3, 0.4) is 0 Å². The maximum Gasteiger partial charge on any atom is 0.308 e. The Morgan fingerprint density at radius 2 is 2.00 bits per heavy atom. The van der Waals surface area contributed by atoms with Crippen LogP contribution >= 0.6 is 0 Å². The summed E-state index contributed by atoms with van der Waals surface area (Å²) in [6.45, 7) is 3.49. The molecule has 1 aliphatic rings. The van der Waals surface area contributed by atoms with E-state index in [-0.39, 0.29) is 24.8 Å². The highest BCUT2D eigenvalue weighted by molar-refractivity contribution is 5.81. The largest absolute Gasteiger partial charge is 0.481 e. The predicted molar refractivity (Wildman–Crippen MR) is 71.3 cm³/mol. The van der Waals surface area contributed by atoms with Gasteiger partial charge in [-0.15, -0.1) is 0 Å². The zero-order valence-corrected chi connectivity index (χ0v) is 11.8. The van der Waals surface area contributed by atoms with Gasteiger partial charge in [0.2, 0.25) is 5.91 Å². The van der Waals surface area contributed by atoms with E-state index in [9.17, 15) is 23.5 Å². The van der Waals surface area contributed by atoms with Crippen LogP contribution in [-0.4, -0.2) is 27.9 Å². The highest BCUT2D eigenvalue weighted by atomic mass is 19.2. The first kappa shape index (κ1) is 15.4. The maximum atomic E-state index is 13.2. The van der Waals surface area contributed by atoms with Gasteiger partial charge in [-0.1, -0.05) is 13.0 Å². The first-order valence-electron chi connectivity index (χ1n) is 6.77. The van der Waals surface area contributed by atoms with Crippen molar-refractivity contribution >= 4 is 11.9 Å². The fraction of sp³-hybridized carbons (Fsp3) is 0.467. The molecule has 1 fully saturated rings. The molecule has 1 aromatic carbocycles. The van der Waals surface area contributed by atoms with Crippen molar-refractivity contribution < 1.29 is 23.5 Å². The number of halogens is 2. The van der Waals surface area contributed by atoms with Crippen LogP contribution < -0.4 is 0 Å². The Morgan fingerprint density at radius 1 is 1.33 bits per heavy atom. The number of hydrogen-bond donors (Lipinski definition) is 1. The number of carbonyl (C=O) groups excluding carboxylic acids is 1. The molecule has 0 bridgehead atoms. The lowest BCUT2D eigenvalue weighted by atomic mass is 9.81. The Balaban J connectivity index is 2.22. The van der Waals surface area contributed by atoms with E-state index in [1.54, 1.807) is 13.8 Å². The van der Waals surface area contributed by atoms with Gasteiger partial charge in [0.25, 0.3) is 0 Å². The molecule has 0 saturated carbocycles. The van der Waals surface area contributed by atoms with Gasteiger partial charge >= 0.3 is 5.97 Å². The Kier molecular flexibility index (Phi) is 4.25. The normalized spacial score (nSPS) is 26.0. The lowest BCUT2D eigenvalue weighted by Crippen LogP contribution is -2.52. The Bertz CT molecular complexity index is 576. The highest BCUT2D eigenvalue weighted by Gasteiger charge is 2.41. The molecule has 0 radical (unpaired) electrons. The molecular weight excluding hydrogens is 280 g/mol. The minimum Gasteiger partial charge on any atom is -0.481 e. The van der Waals surface area contributed by atoms with Gasteiger partial charge in [0.1, 0.15) is 0 Å². The molecule has 1 N–H and O–H groups in total. The minimum absolute atomic E-state index is 0.0771. The molecule has 3 unspecified atom stereocenters. The van der Waals surface area contributed by atoms with E-state index in [0.717, 1.165) is 12.1 Å². The van der Waals surface area contributed by atoms with Gasteiger partial charge in [0.15, 0.2) is 11.6 Å². The van der Waals surface area contributed by atoms with Crippen LogP contribution in [0.4, 0.5) is 8.78 Å². The summed E-state index contributed by atoms with van der Waals surface area (Å²) in [7, 11) is 0. The molecule has 3 atom stereocenters. The highest BCUT2D eigenvalue weighted by Crippen LogP contribution is 2.31. The maximum absolute atomic E-state index is 13.2. The zero-order valence-electron chi connectivity index (χ0n) is 11.8. The third-order valence-electron chi connectivity index (χ3n) is 4.06. The van der Waals surface area contributed by atoms with E-state index in [1.165, 1.54) is 11.0 Å². The van der Waals surface area contributed by atoms with Crippen LogP contribution in [0, 0.1) is 23.5 Å². The molecule has 114 valence electrons. The Hall–Kier alpha value is -1.98. The van der Waals surface area contributed by atoms with Gasteiger partial charge in [-0.25, -0.2) is 8.78 Å². The second-order valence-corrected chi connectivity index (χ2v) is 5.56. The van der Waals surface area contributed by atoms with Crippen LogP contribution in [0.1, 0.15) is 25.8 Å². The summed E-state index contributed by atoms with van der Waals surface area (Å²) in [5.41, 5.74) is 0.438. The quantitative estimate of drug-likeness (QED) is 0.932. The van der Waals surface area contributed by atoms with Crippen molar-refractivity contribution in [3.63, 3.8) is 0 Å². The lowest BCUT2D eigenvalue weighted by Gasteiger charge is -2.40. The first-order valence-corrected chi connectivity index (χ1v) is 6.77. The molecule has 2 rings (SSSR count). The van der Waals surface area contributed by atoms with Gasteiger partial charge in [-0.3, -0.25) is 9.59 Å². The van der Waals surface area contributed by atoms with Crippen LogP contribution in [0.2, 0.25) is 0 Å². The summed E-state index contributed by atoms with van der Waals surface area (Å²) in [4.78, 5) is 24.9. The summed E-state index contributed by atoms with van der Waals surface area (Å²) in [5.74, 6) is -3.95. The Morgan fingerprint density at radius 3 is 2.57 bits per heavy atom. The van der Waals surface area contributed by atoms with Crippen molar-refractivity contribution in [3.05, 3.63) is 35.4 Å². The average molecular weight is 297 g/mol. The van der Waals surface area contributed by atoms with Crippen LogP contribution in [-0.2, 0) is 16.1 Å². The Labute approximate surface area is 121 Å². The number of likely N-dealkylation sites (tertiary alicyclic amines) is 1. The van der Waals surface area contributed by atoms with Crippen molar-refractivity contribution in [3.8, 4) is 0 Å². The third kappa shape index (κ3) is 3.04. The molecule has 21 heavy (non-hydrogen) atoms. The molecule has 0 aromatic heterocycles. The summed E-state index contributed by atoms with van der Waals surface area (Å²) >= 11 is 0. The number of carboxylic acids is 1. The topological polar surface area (TPSA) is 57.6 Å². The van der Waals surface area contributed by atoms with E-state index < -0.39 is 29.6 Å². The molecule has 4 nitrogen and oxygen atoms in total. The van der Waals surface area contributed by atoms with Gasteiger partial charge in [0, 0.05) is 19.0 Å². The van der Waals surface area contributed by atoms with Crippen molar-refractivity contribution in [1.82, 2.24) is 4.90 Å². The van der Waals surface area contributed by atoms with Gasteiger partial charge < -0.3 is 10.0 Å². The van der Waals surface area contributed by atoms with Gasteiger partial charge in [0.05, 0.1) is 5.92 Å². The number of carbonyl (C=O) groups is 2. The number of nitrogens with zero attached hydrogens (tertiary/aromatic N) is 1. The van der Waals surface area contributed by atoms with Crippen molar-refractivity contribution in [2.24, 2.45) is 11.8 Å². The molecular formula is C15H17F2NO3. The molecule has 1 heterocycles. The van der Waals surface area contributed by atoms with E-state index >= 15 is 0 Å². The standard InChI is InChI=1S/C15H17F2NO3/c1-8-5-13(19)18(9(2)14(8)15(20)21)7-10-3-4-11(16)12(17)6-10/h3-4,6,8-9,14H,5,7H2,1-2H3,(H,20,21). The van der Waals surface area contributed by atoms with Gasteiger partial charge in [-0.2, -0.15) is 0 Å². The third-order valence-corrected chi connectivity index (χ3v) is 4.06. The number of amides is 1. The summed E-state index contributed by atoms with van der Waals surface area (Å²) in [6, 6.07) is 2.93. The smallest absolute Gasteiger partial charge is 0.308 e. The number of carboxylic acid groups (broad SMARTS) is 1. The summed E-state index contributed by atoms with van der Waals surface area (Å²) in [5, 5.41) is 9.28. The molecule has 1 aliphatic heterocycles. The SMILES string of the molecule is CC1CC(=O)N(Cc2ccc(F)c(F)c2)C(C)C1C(=O)O. The van der Waals surface area contributed by atoms with Crippen LogP contribution in [0.15, 0.2) is 18.2 Å². The second kappa shape index (κ2) is 5.79. The van der Waals surface area contributed by atoms with E-state index in [4.69, 9.17) is 0 Å². The molecule has 1 saturated heterocycles. The lowest BCUT2D eigenvalue weighted by molar-refractivity contribution is -0.155. The van der Waals surface area contributed by atoms with Crippen molar-refractivity contribution in [2.75, 3.05) is 0 Å². The number of rotatable bonds is 3. The van der Waals surface area contributed by atoms with Crippen molar-refractivity contribution in [1.29, 1.82) is 0 Å². The zero-order chi connectivity index (χ0) is 15.7. The minimum atomic E-state index is -0.979. The first-order chi connectivity index (χ1) is 9.81. The van der Waals surface area contributed by atoms with E-state index in [0.29, 0.717) is 5.56 Å². The number of aliphatic carboxylic acids is 1. The fourth-order valence-corrected chi connectivity index (χ4v) is 2.93. The fourth-order valence-electron chi connectivity index (χ4n) is 2.93.